The van der Waals surface area contributed by atoms with Crippen LogP contribution in [0.15, 0.2) is 59.9 Å². The Hall–Kier alpha value is -2.72. The second-order valence-corrected chi connectivity index (χ2v) is 11.5. The third-order valence-corrected chi connectivity index (χ3v) is 8.96. The van der Waals surface area contributed by atoms with Gasteiger partial charge in [0.2, 0.25) is 0 Å². The molecule has 0 bridgehead atoms. The van der Waals surface area contributed by atoms with Crippen LogP contribution in [0.3, 0.4) is 0 Å². The van der Waals surface area contributed by atoms with Crippen LogP contribution in [0.1, 0.15) is 48.6 Å². The van der Waals surface area contributed by atoms with Gasteiger partial charge in [-0.05, 0) is 67.9 Å². The molecule has 0 amide bonds. The van der Waals surface area contributed by atoms with Crippen molar-refractivity contribution in [3.05, 3.63) is 71.5 Å². The Kier molecular flexibility index (Phi) is 6.33. The summed E-state index contributed by atoms with van der Waals surface area (Å²) >= 11 is -1.34. The van der Waals surface area contributed by atoms with Gasteiger partial charge in [-0.15, -0.1) is 9.40 Å². The summed E-state index contributed by atoms with van der Waals surface area (Å²) in [6, 6.07) is 15.2. The third kappa shape index (κ3) is 4.34. The molecule has 2 aliphatic heterocycles. The Morgan fingerprint density at radius 1 is 1.14 bits per heavy atom. The fourth-order valence-electron chi connectivity index (χ4n) is 5.88. The van der Waals surface area contributed by atoms with E-state index >= 15 is 0 Å². The van der Waals surface area contributed by atoms with Crippen LogP contribution in [-0.2, 0) is 35.0 Å². The molecule has 36 heavy (non-hydrogen) atoms. The average Bonchev–Trinajstić information content (AvgIpc) is 3.63. The molecule has 3 atom stereocenters. The summed E-state index contributed by atoms with van der Waals surface area (Å²) < 4.78 is 23.5. The number of hydrogen-bond acceptors (Lipinski definition) is 6. The maximum atomic E-state index is 13.4. The van der Waals surface area contributed by atoms with Gasteiger partial charge in [0.1, 0.15) is 17.6 Å². The number of aromatic nitrogens is 5. The van der Waals surface area contributed by atoms with Crippen molar-refractivity contribution in [1.29, 1.82) is 0 Å². The van der Waals surface area contributed by atoms with E-state index in [0.29, 0.717) is 11.6 Å². The summed E-state index contributed by atoms with van der Waals surface area (Å²) in [6.45, 7) is 4.42. The van der Waals surface area contributed by atoms with Crippen LogP contribution in [0.25, 0.3) is 10.9 Å². The van der Waals surface area contributed by atoms with Crippen LogP contribution in [0, 0.1) is 6.92 Å². The zero-order valence-electron chi connectivity index (χ0n) is 20.8. The van der Waals surface area contributed by atoms with E-state index in [4.69, 9.17) is 9.84 Å². The van der Waals surface area contributed by atoms with Gasteiger partial charge in [0.15, 0.2) is 6.23 Å². The van der Waals surface area contributed by atoms with Crippen molar-refractivity contribution in [2.45, 2.75) is 55.7 Å². The van der Waals surface area contributed by atoms with E-state index in [1.54, 1.807) is 13.2 Å². The lowest BCUT2D eigenvalue weighted by atomic mass is 9.73. The van der Waals surface area contributed by atoms with Crippen molar-refractivity contribution in [2.24, 2.45) is 7.05 Å². The van der Waals surface area contributed by atoms with Gasteiger partial charge in [-0.1, -0.05) is 30.3 Å². The van der Waals surface area contributed by atoms with Crippen LogP contribution in [-0.4, -0.2) is 53.3 Å². The first kappa shape index (κ1) is 23.7. The summed E-state index contributed by atoms with van der Waals surface area (Å²) in [4.78, 5) is 1.46. The molecular formula is C27H32N6O2S. The highest BCUT2D eigenvalue weighted by atomic mass is 32.2. The molecule has 0 spiro atoms. The van der Waals surface area contributed by atoms with Gasteiger partial charge in [0.25, 0.3) is 0 Å². The van der Waals surface area contributed by atoms with E-state index in [-0.39, 0.29) is 11.6 Å². The van der Waals surface area contributed by atoms with Gasteiger partial charge < -0.3 is 9.29 Å². The van der Waals surface area contributed by atoms with Crippen molar-refractivity contribution in [3.63, 3.8) is 0 Å². The first-order valence-electron chi connectivity index (χ1n) is 12.7. The summed E-state index contributed by atoms with van der Waals surface area (Å²) in [5, 5.41) is 14.8. The predicted octanol–water partition coefficient (Wildman–Crippen LogP) is 4.08. The Bertz CT molecular complexity index is 1350. The van der Waals surface area contributed by atoms with Crippen molar-refractivity contribution in [3.8, 4) is 0 Å². The normalized spacial score (nSPS) is 23.9. The molecule has 3 unspecified atom stereocenters. The minimum atomic E-state index is -1.34. The van der Waals surface area contributed by atoms with Gasteiger partial charge in [0.05, 0.1) is 18.3 Å². The maximum absolute atomic E-state index is 13.4. The second-order valence-electron chi connectivity index (χ2n) is 10.1. The summed E-state index contributed by atoms with van der Waals surface area (Å²) in [5.74, 6) is 0. The van der Waals surface area contributed by atoms with Gasteiger partial charge >= 0.3 is 5.03 Å². The number of rotatable bonds is 6. The fraction of sp³-hybridized carbons (Fsp3) is 0.444. The zero-order chi connectivity index (χ0) is 24.7. The Morgan fingerprint density at radius 3 is 2.75 bits per heavy atom. The molecule has 0 N–H and O–H groups in total. The molecule has 188 valence electrons. The molecule has 2 aromatic heterocycles. The molecule has 9 heteroatoms. The van der Waals surface area contributed by atoms with Crippen LogP contribution < -0.4 is 0 Å². The molecule has 4 heterocycles. The van der Waals surface area contributed by atoms with Crippen LogP contribution in [0.4, 0.5) is 0 Å². The molecule has 0 radical (unpaired) electrons. The van der Waals surface area contributed by atoms with Crippen molar-refractivity contribution in [2.75, 3.05) is 19.7 Å². The van der Waals surface area contributed by atoms with Crippen LogP contribution >= 0.6 is 0 Å². The molecule has 2 aromatic carbocycles. The van der Waals surface area contributed by atoms with Gasteiger partial charge in [-0.3, -0.25) is 0 Å². The maximum Gasteiger partial charge on any atom is 0.304 e. The van der Waals surface area contributed by atoms with Gasteiger partial charge in [0, 0.05) is 31.0 Å². The fourth-order valence-corrected chi connectivity index (χ4v) is 7.09. The minimum Gasteiger partial charge on any atom is -0.591 e. The highest BCUT2D eigenvalue weighted by Gasteiger charge is 2.46. The smallest absolute Gasteiger partial charge is 0.304 e. The first-order chi connectivity index (χ1) is 17.5. The highest BCUT2D eigenvalue weighted by molar-refractivity contribution is 7.89. The molecule has 0 aliphatic carbocycles. The molecule has 8 nitrogen and oxygen atoms in total. The number of benzene rings is 2. The standard InChI is InChI=1S/C27H32N6O2S/c1-20-14-24-22(17-29-33(24)26-10-6-7-13-35-26)15-23(20)27(16-21-8-4-3-5-9-21)11-12-32(19-27)36(34)25-18-28-31(2)30-25/h3-5,8-9,14-15,17-18,26H,6-7,10-13,16,19H2,1-2H3. The second kappa shape index (κ2) is 9.63. The number of hydrogen-bond donors (Lipinski definition) is 0. The zero-order valence-corrected chi connectivity index (χ0v) is 21.7. The van der Waals surface area contributed by atoms with Crippen molar-refractivity contribution in [1.82, 2.24) is 29.1 Å². The van der Waals surface area contributed by atoms with Crippen molar-refractivity contribution < 1.29 is 9.29 Å². The molecular weight excluding hydrogens is 472 g/mol. The Labute approximate surface area is 214 Å². The Morgan fingerprint density at radius 2 is 2.00 bits per heavy atom. The predicted molar refractivity (Wildman–Crippen MR) is 139 cm³/mol. The monoisotopic (exact) mass is 504 g/mol. The van der Waals surface area contributed by atoms with Gasteiger partial charge in [-0.25, -0.2) is 4.68 Å². The molecule has 2 saturated heterocycles. The Balaban J connectivity index is 1.38. The summed E-state index contributed by atoms with van der Waals surface area (Å²) in [5.41, 5.74) is 4.79. The lowest BCUT2D eigenvalue weighted by Gasteiger charge is -2.32. The number of fused-ring (bicyclic) bond motifs is 1. The van der Waals surface area contributed by atoms with Crippen LogP contribution in [0.2, 0.25) is 0 Å². The summed E-state index contributed by atoms with van der Waals surface area (Å²) in [7, 11) is 1.75. The molecule has 6 rings (SSSR count). The third-order valence-electron chi connectivity index (χ3n) is 7.64. The SMILES string of the molecule is Cc1cc2c(cnn2C2CCCCO2)cc1C1(Cc2ccccc2)CCN([S+]([O-])c2cnn(C)n2)C1. The largest absolute Gasteiger partial charge is 0.591 e. The van der Waals surface area contributed by atoms with Crippen molar-refractivity contribution >= 4 is 22.3 Å². The average molecular weight is 505 g/mol. The van der Waals surface area contributed by atoms with E-state index in [0.717, 1.165) is 49.7 Å². The minimum absolute atomic E-state index is 0.0103. The lowest BCUT2D eigenvalue weighted by Crippen LogP contribution is -2.36. The number of nitrogens with zero attached hydrogens (tertiary/aromatic N) is 6. The van der Waals surface area contributed by atoms with E-state index in [1.807, 2.05) is 6.20 Å². The number of ether oxygens (including phenoxy) is 1. The van der Waals surface area contributed by atoms with E-state index in [2.05, 4.69) is 68.6 Å². The first-order valence-corrected chi connectivity index (χ1v) is 13.8. The highest BCUT2D eigenvalue weighted by Crippen LogP contribution is 2.42. The molecule has 2 fully saturated rings. The quantitative estimate of drug-likeness (QED) is 0.368. The molecule has 4 aromatic rings. The van der Waals surface area contributed by atoms with E-state index in [1.165, 1.54) is 27.9 Å². The topological polar surface area (TPSA) is 84.1 Å². The van der Waals surface area contributed by atoms with E-state index < -0.39 is 11.4 Å². The summed E-state index contributed by atoms with van der Waals surface area (Å²) in [6.07, 6.45) is 8.67. The van der Waals surface area contributed by atoms with E-state index in [9.17, 15) is 4.55 Å². The lowest BCUT2D eigenvalue weighted by molar-refractivity contribution is -0.0366. The number of aryl methyl sites for hydroxylation is 2. The molecule has 2 aliphatic rings. The van der Waals surface area contributed by atoms with Crippen LogP contribution in [0.5, 0.6) is 0 Å². The van der Waals surface area contributed by atoms with Gasteiger partial charge in [-0.2, -0.15) is 15.0 Å². The molecule has 0 saturated carbocycles.